The Labute approximate surface area is 158 Å². The number of ether oxygens (including phenoxy) is 2. The van der Waals surface area contributed by atoms with Crippen LogP contribution < -0.4 is 10.1 Å². The molecule has 3 heterocycles. The maximum absolute atomic E-state index is 5.47. The van der Waals surface area contributed by atoms with Gasteiger partial charge in [-0.3, -0.25) is 15.1 Å². The second-order valence-corrected chi connectivity index (χ2v) is 6.09. The number of methoxy groups -OCH3 is 1. The number of fused-ring (bicyclic) bond motifs is 1. The minimum atomic E-state index is -0.192. The maximum Gasteiger partial charge on any atom is 0.242 e. The largest absolute Gasteiger partial charge is 0.476 e. The van der Waals surface area contributed by atoms with Gasteiger partial charge in [-0.05, 0) is 32.9 Å². The Balaban J connectivity index is 1.79. The molecule has 0 radical (unpaired) electrons. The highest BCUT2D eigenvalue weighted by molar-refractivity contribution is 5.95. The lowest BCUT2D eigenvalue weighted by atomic mass is 10.2. The minimum absolute atomic E-state index is 0.192. The lowest BCUT2D eigenvalue weighted by Gasteiger charge is -2.14. The van der Waals surface area contributed by atoms with Crippen LogP contribution in [-0.4, -0.2) is 46.3 Å². The Morgan fingerprint density at radius 2 is 2.22 bits per heavy atom. The molecular weight excluding hydrogens is 344 g/mol. The number of anilines is 1. The van der Waals surface area contributed by atoms with Gasteiger partial charge in [-0.1, -0.05) is 6.07 Å². The first-order chi connectivity index (χ1) is 13.1. The van der Waals surface area contributed by atoms with E-state index >= 15 is 0 Å². The molecule has 0 amide bonds. The summed E-state index contributed by atoms with van der Waals surface area (Å²) in [7, 11) is 1.66. The van der Waals surface area contributed by atoms with Crippen LogP contribution in [0.1, 0.15) is 31.3 Å². The molecule has 0 spiro atoms. The second-order valence-electron chi connectivity index (χ2n) is 6.09. The summed E-state index contributed by atoms with van der Waals surface area (Å²) < 4.78 is 10.8. The van der Waals surface area contributed by atoms with Gasteiger partial charge in [0.05, 0.1) is 35.6 Å². The number of aliphatic imine (C=N–C) groups is 1. The van der Waals surface area contributed by atoms with Crippen LogP contribution in [0.3, 0.4) is 0 Å². The lowest BCUT2D eigenvalue weighted by molar-refractivity contribution is 0.180. The number of pyridine rings is 2. The van der Waals surface area contributed by atoms with E-state index in [1.165, 1.54) is 0 Å². The van der Waals surface area contributed by atoms with Crippen LogP contribution in [0.5, 0.6) is 5.88 Å². The van der Waals surface area contributed by atoms with Gasteiger partial charge in [0.25, 0.3) is 0 Å². The van der Waals surface area contributed by atoms with Crippen LogP contribution in [0.25, 0.3) is 10.9 Å². The maximum atomic E-state index is 5.47. The highest BCUT2D eigenvalue weighted by Gasteiger charge is 2.13. The monoisotopic (exact) mass is 368 g/mol. The number of aromatic amines is 1. The number of H-pyrrole nitrogens is 1. The third-order valence-electron chi connectivity index (χ3n) is 3.93. The van der Waals surface area contributed by atoms with Gasteiger partial charge in [-0.2, -0.15) is 0 Å². The SMILES string of the molecule is CCOc1n[nH]c2cc(NC(C)=NC(COC)c3cccc(C)n3)ncc12. The van der Waals surface area contributed by atoms with E-state index < -0.39 is 0 Å². The molecule has 0 aliphatic carbocycles. The average Bonchev–Trinajstić information content (AvgIpc) is 3.04. The van der Waals surface area contributed by atoms with Crippen LogP contribution in [0.2, 0.25) is 0 Å². The van der Waals surface area contributed by atoms with Gasteiger partial charge in [0.15, 0.2) is 0 Å². The number of nitrogens with one attached hydrogen (secondary N) is 2. The zero-order valence-electron chi connectivity index (χ0n) is 16.0. The highest BCUT2D eigenvalue weighted by Crippen LogP contribution is 2.23. The molecule has 3 aromatic rings. The quantitative estimate of drug-likeness (QED) is 0.491. The zero-order chi connectivity index (χ0) is 19.2. The number of hydrogen-bond acceptors (Lipinski definition) is 6. The minimum Gasteiger partial charge on any atom is -0.476 e. The van der Waals surface area contributed by atoms with E-state index in [0.29, 0.717) is 24.9 Å². The number of rotatable bonds is 7. The van der Waals surface area contributed by atoms with Crippen molar-refractivity contribution >= 4 is 22.6 Å². The van der Waals surface area contributed by atoms with E-state index in [0.717, 1.165) is 28.1 Å². The summed E-state index contributed by atoms with van der Waals surface area (Å²) in [6.07, 6.45) is 1.73. The van der Waals surface area contributed by atoms with Gasteiger partial charge in [0.1, 0.15) is 11.9 Å². The number of aryl methyl sites for hydroxylation is 1. The van der Waals surface area contributed by atoms with Crippen molar-refractivity contribution in [1.82, 2.24) is 20.2 Å². The number of nitrogens with zero attached hydrogens (tertiary/aromatic N) is 4. The fourth-order valence-electron chi connectivity index (χ4n) is 2.75. The molecule has 0 aromatic carbocycles. The Morgan fingerprint density at radius 1 is 1.37 bits per heavy atom. The molecule has 0 aliphatic heterocycles. The fraction of sp³-hybridized carbons (Fsp3) is 0.368. The molecule has 0 saturated carbocycles. The molecule has 1 unspecified atom stereocenters. The van der Waals surface area contributed by atoms with E-state index in [1.54, 1.807) is 13.3 Å². The van der Waals surface area contributed by atoms with Crippen LogP contribution in [0.15, 0.2) is 35.5 Å². The Hall–Kier alpha value is -3.00. The molecule has 8 nitrogen and oxygen atoms in total. The van der Waals surface area contributed by atoms with Crippen LogP contribution in [0.4, 0.5) is 5.82 Å². The molecule has 142 valence electrons. The first kappa shape index (κ1) is 18.8. The summed E-state index contributed by atoms with van der Waals surface area (Å²) >= 11 is 0. The van der Waals surface area contributed by atoms with Gasteiger partial charge in [0.2, 0.25) is 5.88 Å². The molecule has 2 N–H and O–H groups in total. The first-order valence-electron chi connectivity index (χ1n) is 8.81. The van der Waals surface area contributed by atoms with E-state index in [1.807, 2.05) is 45.0 Å². The normalized spacial score (nSPS) is 13.0. The van der Waals surface area contributed by atoms with E-state index in [9.17, 15) is 0 Å². The molecule has 3 aromatic heterocycles. The van der Waals surface area contributed by atoms with Crippen molar-refractivity contribution in [2.75, 3.05) is 25.6 Å². The van der Waals surface area contributed by atoms with Crippen molar-refractivity contribution in [3.05, 3.63) is 41.9 Å². The lowest BCUT2D eigenvalue weighted by Crippen LogP contribution is -2.14. The van der Waals surface area contributed by atoms with Gasteiger partial charge in [-0.25, -0.2) is 4.98 Å². The molecule has 1 atom stereocenters. The Bertz CT molecular complexity index is 937. The van der Waals surface area contributed by atoms with Gasteiger partial charge in [0, 0.05) is 25.1 Å². The van der Waals surface area contributed by atoms with Gasteiger partial charge >= 0.3 is 0 Å². The van der Waals surface area contributed by atoms with Crippen molar-refractivity contribution in [2.45, 2.75) is 26.8 Å². The fourth-order valence-corrected chi connectivity index (χ4v) is 2.75. The topological polar surface area (TPSA) is 97.3 Å². The third kappa shape index (κ3) is 4.59. The highest BCUT2D eigenvalue weighted by atomic mass is 16.5. The number of amidine groups is 1. The molecule has 0 bridgehead atoms. The van der Waals surface area contributed by atoms with E-state index in [2.05, 4.69) is 25.5 Å². The molecule has 0 saturated heterocycles. The van der Waals surface area contributed by atoms with Crippen molar-refractivity contribution in [3.8, 4) is 5.88 Å². The number of hydrogen-bond donors (Lipinski definition) is 2. The van der Waals surface area contributed by atoms with Crippen LogP contribution in [-0.2, 0) is 4.74 Å². The number of aromatic nitrogens is 4. The Kier molecular flexibility index (Phi) is 5.97. The van der Waals surface area contributed by atoms with Gasteiger partial charge in [-0.15, -0.1) is 5.10 Å². The standard InChI is InChI=1S/C19H24N6O2/c1-5-27-19-14-10-20-18(9-16(14)24-25-19)23-13(3)22-17(11-26-4)15-8-6-7-12(2)21-15/h6-10,17H,5,11H2,1-4H3,(H,24,25)(H,20,22,23). The van der Waals surface area contributed by atoms with Crippen molar-refractivity contribution in [2.24, 2.45) is 4.99 Å². The zero-order valence-corrected chi connectivity index (χ0v) is 16.0. The summed E-state index contributed by atoms with van der Waals surface area (Å²) in [6.45, 7) is 6.77. The third-order valence-corrected chi connectivity index (χ3v) is 3.93. The predicted molar refractivity (Wildman–Crippen MR) is 105 cm³/mol. The Morgan fingerprint density at radius 3 is 2.96 bits per heavy atom. The first-order valence-corrected chi connectivity index (χ1v) is 8.81. The predicted octanol–water partition coefficient (Wildman–Crippen LogP) is 3.28. The molecule has 0 fully saturated rings. The summed E-state index contributed by atoms with van der Waals surface area (Å²) in [5, 5.41) is 11.2. The van der Waals surface area contributed by atoms with E-state index in [-0.39, 0.29) is 6.04 Å². The van der Waals surface area contributed by atoms with Crippen LogP contribution in [0, 0.1) is 6.92 Å². The summed E-state index contributed by atoms with van der Waals surface area (Å²) in [4.78, 5) is 13.7. The summed E-state index contributed by atoms with van der Waals surface area (Å²) in [5.74, 6) is 1.95. The van der Waals surface area contributed by atoms with Crippen molar-refractivity contribution in [1.29, 1.82) is 0 Å². The van der Waals surface area contributed by atoms with E-state index in [4.69, 9.17) is 14.5 Å². The second kappa shape index (κ2) is 8.59. The van der Waals surface area contributed by atoms with Gasteiger partial charge < -0.3 is 14.8 Å². The molecular formula is C19H24N6O2. The molecule has 0 aliphatic rings. The summed E-state index contributed by atoms with van der Waals surface area (Å²) in [5.41, 5.74) is 2.67. The molecule has 27 heavy (non-hydrogen) atoms. The van der Waals surface area contributed by atoms with Crippen LogP contribution >= 0.6 is 0 Å². The molecule has 3 rings (SSSR count). The smallest absolute Gasteiger partial charge is 0.242 e. The van der Waals surface area contributed by atoms with Crippen molar-refractivity contribution in [3.63, 3.8) is 0 Å². The van der Waals surface area contributed by atoms with Crippen molar-refractivity contribution < 1.29 is 9.47 Å². The summed E-state index contributed by atoms with van der Waals surface area (Å²) in [6, 6.07) is 7.57. The molecule has 8 heteroatoms. The average molecular weight is 368 g/mol.